The lowest BCUT2D eigenvalue weighted by Gasteiger charge is -2.16. The highest BCUT2D eigenvalue weighted by Gasteiger charge is 2.24. The van der Waals surface area contributed by atoms with Crippen LogP contribution < -0.4 is 0 Å². The molecule has 0 spiro atoms. The lowest BCUT2D eigenvalue weighted by molar-refractivity contribution is -0.118. The molecule has 1 heterocycles. The quantitative estimate of drug-likeness (QED) is 0.484. The van der Waals surface area contributed by atoms with Gasteiger partial charge in [0.25, 0.3) is 0 Å². The second-order valence-electron chi connectivity index (χ2n) is 1.75. The molecule has 54 valence electrons. The third kappa shape index (κ3) is 1.19. The third-order valence-electron chi connectivity index (χ3n) is 1.04. The molecule has 1 amide bonds. The second kappa shape index (κ2) is 2.57. The van der Waals surface area contributed by atoms with Gasteiger partial charge in [0.1, 0.15) is 6.10 Å². The molecule has 0 aromatic rings. The monoisotopic (exact) mass is 143 g/mol. The molecule has 1 N–H and O–H groups in total. The summed E-state index contributed by atoms with van der Waals surface area (Å²) in [4.78, 5) is 23.4. The molecule has 5 heteroatoms. The summed E-state index contributed by atoms with van der Waals surface area (Å²) in [6.45, 7) is 0. The maximum absolute atomic E-state index is 10.3. The van der Waals surface area contributed by atoms with E-state index in [9.17, 15) is 9.59 Å². The predicted molar refractivity (Wildman–Crippen MR) is 30.8 cm³/mol. The van der Waals surface area contributed by atoms with Gasteiger partial charge in [0.15, 0.2) is 12.4 Å². The summed E-state index contributed by atoms with van der Waals surface area (Å²) >= 11 is 0. The Morgan fingerprint density at radius 1 is 1.80 bits per heavy atom. The number of nitrogens with zero attached hydrogens (tertiary/aromatic N) is 1. The summed E-state index contributed by atoms with van der Waals surface area (Å²) in [6.07, 6.45) is -1.71. The number of aliphatic hydroxyl groups excluding tert-OH is 1. The normalized spacial score (nSPS) is 31.5. The Morgan fingerprint density at radius 3 is 3.00 bits per heavy atom. The summed E-state index contributed by atoms with van der Waals surface area (Å²) in [7, 11) is 0. The van der Waals surface area contributed by atoms with E-state index in [-0.39, 0.29) is 0 Å². The van der Waals surface area contributed by atoms with Crippen molar-refractivity contribution in [2.45, 2.75) is 12.2 Å². The molecule has 0 aliphatic carbocycles. The number of ether oxygens (including phenoxy) is 1. The molecule has 1 rings (SSSR count). The van der Waals surface area contributed by atoms with Gasteiger partial charge >= 0.3 is 6.09 Å². The van der Waals surface area contributed by atoms with Gasteiger partial charge in [-0.05, 0) is 0 Å². The highest BCUT2D eigenvalue weighted by molar-refractivity contribution is 5.87. The average Bonchev–Trinajstić information content (AvgIpc) is 1.94. The van der Waals surface area contributed by atoms with Gasteiger partial charge in [-0.1, -0.05) is 0 Å². The molecule has 2 atom stereocenters. The van der Waals surface area contributed by atoms with E-state index >= 15 is 0 Å². The number of cyclic esters (lactones) is 1. The summed E-state index contributed by atoms with van der Waals surface area (Å²) in [5, 5.41) is 8.83. The van der Waals surface area contributed by atoms with Crippen LogP contribution in [0.1, 0.15) is 0 Å². The molecule has 1 aliphatic rings. The van der Waals surface area contributed by atoms with E-state index < -0.39 is 18.3 Å². The first-order valence-corrected chi connectivity index (χ1v) is 2.62. The highest BCUT2D eigenvalue weighted by Crippen LogP contribution is 2.02. The number of hydrogen-bond acceptors (Lipinski definition) is 4. The maximum atomic E-state index is 10.3. The van der Waals surface area contributed by atoms with Crippen LogP contribution >= 0.6 is 0 Å². The Morgan fingerprint density at radius 2 is 2.50 bits per heavy atom. The van der Waals surface area contributed by atoms with Crippen LogP contribution in [0.4, 0.5) is 4.79 Å². The molecule has 0 aromatic carbocycles. The number of aliphatic imine (C=N–C) groups is 1. The number of aldehydes is 1. The van der Waals surface area contributed by atoms with Crippen LogP contribution in [-0.2, 0) is 9.53 Å². The van der Waals surface area contributed by atoms with E-state index in [1.807, 2.05) is 0 Å². The van der Waals surface area contributed by atoms with Crippen molar-refractivity contribution in [1.29, 1.82) is 0 Å². The van der Waals surface area contributed by atoms with E-state index in [1.165, 1.54) is 0 Å². The SMILES string of the molecule is O=C[C@H]1OC(=O)N=C[C@H]1O. The number of carbonyl (C=O) groups is 2. The zero-order valence-corrected chi connectivity index (χ0v) is 4.93. The van der Waals surface area contributed by atoms with Gasteiger partial charge in [-0.15, -0.1) is 0 Å². The van der Waals surface area contributed by atoms with Crippen molar-refractivity contribution < 1.29 is 19.4 Å². The molecule has 0 radical (unpaired) electrons. The number of aliphatic hydroxyl groups is 1. The molecule has 0 saturated carbocycles. The maximum Gasteiger partial charge on any atom is 0.434 e. The van der Waals surface area contributed by atoms with Gasteiger partial charge in [-0.3, -0.25) is 4.79 Å². The summed E-state index contributed by atoms with van der Waals surface area (Å²) in [5.74, 6) is 0. The van der Waals surface area contributed by atoms with Crippen molar-refractivity contribution in [3.05, 3.63) is 0 Å². The molecule has 1 aliphatic heterocycles. The van der Waals surface area contributed by atoms with Crippen molar-refractivity contribution in [3.63, 3.8) is 0 Å². The van der Waals surface area contributed by atoms with E-state index in [4.69, 9.17) is 5.11 Å². The fourth-order valence-corrected chi connectivity index (χ4v) is 0.547. The molecule has 0 unspecified atom stereocenters. The van der Waals surface area contributed by atoms with Crippen molar-refractivity contribution in [2.75, 3.05) is 0 Å². The van der Waals surface area contributed by atoms with Gasteiger partial charge in [0, 0.05) is 6.21 Å². The number of carbonyl (C=O) groups excluding carboxylic acids is 2. The van der Waals surface area contributed by atoms with Crippen LogP contribution in [0.15, 0.2) is 4.99 Å². The molecule has 0 bridgehead atoms. The standard InChI is InChI=1S/C5H5NO4/c7-2-4-3(8)1-6-5(9)10-4/h1-4,8H/t3-,4-/m1/s1. The van der Waals surface area contributed by atoms with Crippen molar-refractivity contribution in [1.82, 2.24) is 0 Å². The largest absolute Gasteiger partial charge is 0.434 e. The first kappa shape index (κ1) is 6.88. The molecule has 0 fully saturated rings. The number of amides is 1. The van der Waals surface area contributed by atoms with E-state index in [0.29, 0.717) is 6.29 Å². The zero-order valence-electron chi connectivity index (χ0n) is 4.93. The van der Waals surface area contributed by atoms with Crippen LogP contribution in [-0.4, -0.2) is 35.9 Å². The van der Waals surface area contributed by atoms with Crippen LogP contribution in [0.5, 0.6) is 0 Å². The molecular weight excluding hydrogens is 138 g/mol. The van der Waals surface area contributed by atoms with Gasteiger partial charge in [0.2, 0.25) is 0 Å². The van der Waals surface area contributed by atoms with Crippen molar-refractivity contribution in [2.24, 2.45) is 4.99 Å². The minimum atomic E-state index is -1.10. The van der Waals surface area contributed by atoms with E-state index in [0.717, 1.165) is 6.21 Å². The Balaban J connectivity index is 2.70. The first-order valence-electron chi connectivity index (χ1n) is 2.62. The molecule has 10 heavy (non-hydrogen) atoms. The Kier molecular flexibility index (Phi) is 1.77. The van der Waals surface area contributed by atoms with Crippen molar-refractivity contribution >= 4 is 18.6 Å². The minimum Gasteiger partial charge on any atom is -0.434 e. The van der Waals surface area contributed by atoms with Crippen LogP contribution in [0.25, 0.3) is 0 Å². The predicted octanol–water partition coefficient (Wildman–Crippen LogP) is -0.864. The summed E-state index contributed by atoms with van der Waals surface area (Å²) in [6, 6.07) is 0. The smallest absolute Gasteiger partial charge is 0.434 e. The van der Waals surface area contributed by atoms with Crippen LogP contribution in [0.2, 0.25) is 0 Å². The average molecular weight is 143 g/mol. The molecule has 0 aromatic heterocycles. The topological polar surface area (TPSA) is 76.0 Å². The van der Waals surface area contributed by atoms with E-state index in [1.54, 1.807) is 0 Å². The van der Waals surface area contributed by atoms with Gasteiger partial charge in [-0.2, -0.15) is 4.99 Å². The first-order chi connectivity index (χ1) is 4.74. The van der Waals surface area contributed by atoms with Gasteiger partial charge < -0.3 is 9.84 Å². The molecule has 0 saturated heterocycles. The van der Waals surface area contributed by atoms with Gasteiger partial charge in [0.05, 0.1) is 0 Å². The lowest BCUT2D eigenvalue weighted by Crippen LogP contribution is -2.36. The van der Waals surface area contributed by atoms with Crippen LogP contribution in [0.3, 0.4) is 0 Å². The Bertz CT molecular complexity index is 188. The zero-order chi connectivity index (χ0) is 7.56. The fraction of sp³-hybridized carbons (Fsp3) is 0.400. The summed E-state index contributed by atoms with van der Waals surface area (Å²) in [5.41, 5.74) is 0. The minimum absolute atomic E-state index is 0.355. The Labute approximate surface area is 56.3 Å². The third-order valence-corrected chi connectivity index (χ3v) is 1.04. The summed E-state index contributed by atoms with van der Waals surface area (Å²) < 4.78 is 4.29. The molecule has 5 nitrogen and oxygen atoms in total. The van der Waals surface area contributed by atoms with Crippen LogP contribution in [0, 0.1) is 0 Å². The van der Waals surface area contributed by atoms with Crippen molar-refractivity contribution in [3.8, 4) is 0 Å². The Hall–Kier alpha value is -1.23. The van der Waals surface area contributed by atoms with Gasteiger partial charge in [-0.25, -0.2) is 4.79 Å². The fourth-order valence-electron chi connectivity index (χ4n) is 0.547. The highest BCUT2D eigenvalue weighted by atomic mass is 16.6. The second-order valence-corrected chi connectivity index (χ2v) is 1.75. The lowest BCUT2D eigenvalue weighted by atomic mass is 10.2. The molecular formula is C5H5NO4. The van der Waals surface area contributed by atoms with E-state index in [2.05, 4.69) is 9.73 Å². The number of hydrogen-bond donors (Lipinski definition) is 1. The number of rotatable bonds is 1.